The van der Waals surface area contributed by atoms with Crippen LogP contribution in [0.2, 0.25) is 0 Å². The van der Waals surface area contributed by atoms with Crippen LogP contribution in [0.1, 0.15) is 43.0 Å². The number of ether oxygens (including phenoxy) is 2. The van der Waals surface area contributed by atoms with E-state index in [0.29, 0.717) is 17.0 Å². The maximum absolute atomic E-state index is 11.6. The molecule has 1 saturated carbocycles. The molecule has 0 spiro atoms. The van der Waals surface area contributed by atoms with E-state index in [0.717, 1.165) is 18.8 Å². The number of carbonyl (C=O) groups excluding carboxylic acids is 1. The first-order valence-corrected chi connectivity index (χ1v) is 6.74. The second-order valence-corrected chi connectivity index (χ2v) is 5.24. The highest BCUT2D eigenvalue weighted by Gasteiger charge is 2.20. The zero-order valence-corrected chi connectivity index (χ0v) is 11.5. The Morgan fingerprint density at radius 2 is 1.95 bits per heavy atom. The normalized spacial score (nSPS) is 22.8. The average molecular weight is 263 g/mol. The highest BCUT2D eigenvalue weighted by molar-refractivity contribution is 5.95. The summed E-state index contributed by atoms with van der Waals surface area (Å²) in [6.07, 6.45) is 4.77. The molecule has 0 atom stereocenters. The molecule has 19 heavy (non-hydrogen) atoms. The van der Waals surface area contributed by atoms with Crippen LogP contribution < -0.4 is 10.5 Å². The van der Waals surface area contributed by atoms with Gasteiger partial charge in [-0.2, -0.15) is 0 Å². The van der Waals surface area contributed by atoms with Gasteiger partial charge >= 0.3 is 5.97 Å². The van der Waals surface area contributed by atoms with E-state index in [9.17, 15) is 4.79 Å². The number of hydrogen-bond donors (Lipinski definition) is 1. The lowest BCUT2D eigenvalue weighted by Gasteiger charge is -2.27. The third kappa shape index (κ3) is 3.40. The van der Waals surface area contributed by atoms with Crippen molar-refractivity contribution < 1.29 is 14.3 Å². The van der Waals surface area contributed by atoms with E-state index in [2.05, 4.69) is 6.92 Å². The Morgan fingerprint density at radius 1 is 1.26 bits per heavy atom. The van der Waals surface area contributed by atoms with E-state index in [1.807, 2.05) is 0 Å². The number of nitrogen functional groups attached to an aromatic ring is 1. The molecule has 0 aromatic heterocycles. The number of nitrogens with two attached hydrogens (primary N) is 1. The molecule has 1 aliphatic carbocycles. The zero-order chi connectivity index (χ0) is 13.8. The van der Waals surface area contributed by atoms with Gasteiger partial charge in [-0.25, -0.2) is 4.79 Å². The first kappa shape index (κ1) is 13.7. The molecule has 1 aliphatic rings. The Morgan fingerprint density at radius 3 is 2.58 bits per heavy atom. The lowest BCUT2D eigenvalue weighted by Crippen LogP contribution is -2.23. The standard InChI is InChI=1S/C15H21NO3/c1-10-3-5-11(6-4-10)19-12-7-8-14(16)13(9-12)15(17)18-2/h7-11H,3-6,16H2,1-2H3. The average Bonchev–Trinajstić information content (AvgIpc) is 2.42. The molecule has 0 saturated heterocycles. The minimum Gasteiger partial charge on any atom is -0.490 e. The van der Waals surface area contributed by atoms with E-state index in [1.165, 1.54) is 20.0 Å². The van der Waals surface area contributed by atoms with Crippen molar-refractivity contribution in [3.63, 3.8) is 0 Å². The summed E-state index contributed by atoms with van der Waals surface area (Å²) >= 11 is 0. The van der Waals surface area contributed by atoms with Gasteiger partial charge in [0.2, 0.25) is 0 Å². The predicted octanol–water partition coefficient (Wildman–Crippen LogP) is 3.01. The molecule has 0 bridgehead atoms. The molecule has 0 aliphatic heterocycles. The van der Waals surface area contributed by atoms with Crippen LogP contribution in [0.5, 0.6) is 5.75 Å². The smallest absolute Gasteiger partial charge is 0.340 e. The third-order valence-electron chi connectivity index (χ3n) is 3.70. The van der Waals surface area contributed by atoms with Gasteiger partial charge in [-0.1, -0.05) is 6.92 Å². The van der Waals surface area contributed by atoms with E-state index < -0.39 is 5.97 Å². The number of rotatable bonds is 3. The molecule has 4 nitrogen and oxygen atoms in total. The summed E-state index contributed by atoms with van der Waals surface area (Å²) in [5.74, 6) is 1.05. The molecule has 0 radical (unpaired) electrons. The van der Waals surface area contributed by atoms with Gasteiger partial charge in [0.25, 0.3) is 0 Å². The first-order chi connectivity index (χ1) is 9.10. The Hall–Kier alpha value is -1.71. The van der Waals surface area contributed by atoms with Crippen LogP contribution in [0, 0.1) is 5.92 Å². The third-order valence-corrected chi connectivity index (χ3v) is 3.70. The van der Waals surface area contributed by atoms with Gasteiger partial charge in [-0.05, 0) is 49.8 Å². The van der Waals surface area contributed by atoms with Crippen LogP contribution in [0.4, 0.5) is 5.69 Å². The number of anilines is 1. The Labute approximate surface area is 113 Å². The summed E-state index contributed by atoms with van der Waals surface area (Å²) in [5.41, 5.74) is 6.54. The Bertz CT molecular complexity index is 451. The molecule has 2 rings (SSSR count). The summed E-state index contributed by atoms with van der Waals surface area (Å²) in [6, 6.07) is 5.16. The van der Waals surface area contributed by atoms with E-state index in [4.69, 9.17) is 15.2 Å². The highest BCUT2D eigenvalue weighted by atomic mass is 16.5. The van der Waals surface area contributed by atoms with Gasteiger partial charge in [0.1, 0.15) is 5.75 Å². The lowest BCUT2D eigenvalue weighted by atomic mass is 9.89. The van der Waals surface area contributed by atoms with E-state index in [-0.39, 0.29) is 6.10 Å². The minimum absolute atomic E-state index is 0.241. The van der Waals surface area contributed by atoms with Crippen LogP contribution in [0.3, 0.4) is 0 Å². The minimum atomic E-state index is -0.430. The second kappa shape index (κ2) is 5.95. The van der Waals surface area contributed by atoms with Crippen LogP contribution in [0.15, 0.2) is 18.2 Å². The molecule has 1 aromatic carbocycles. The molecule has 0 amide bonds. The van der Waals surface area contributed by atoms with Crippen molar-refractivity contribution in [2.45, 2.75) is 38.7 Å². The summed E-state index contributed by atoms with van der Waals surface area (Å²) in [6.45, 7) is 2.27. The summed E-state index contributed by atoms with van der Waals surface area (Å²) < 4.78 is 10.6. The molecule has 104 valence electrons. The van der Waals surface area contributed by atoms with Gasteiger partial charge in [0, 0.05) is 5.69 Å². The van der Waals surface area contributed by atoms with Gasteiger partial charge in [-0.15, -0.1) is 0 Å². The largest absolute Gasteiger partial charge is 0.490 e. The summed E-state index contributed by atoms with van der Waals surface area (Å²) in [7, 11) is 1.35. The van der Waals surface area contributed by atoms with Gasteiger partial charge in [-0.3, -0.25) is 0 Å². The zero-order valence-electron chi connectivity index (χ0n) is 11.5. The summed E-state index contributed by atoms with van der Waals surface area (Å²) in [4.78, 5) is 11.6. The maximum Gasteiger partial charge on any atom is 0.340 e. The monoisotopic (exact) mass is 263 g/mol. The Kier molecular flexibility index (Phi) is 4.30. The van der Waals surface area contributed by atoms with Crippen LogP contribution in [-0.2, 0) is 4.74 Å². The SMILES string of the molecule is COC(=O)c1cc(OC2CCC(C)CC2)ccc1N. The van der Waals surface area contributed by atoms with Gasteiger partial charge < -0.3 is 15.2 Å². The fourth-order valence-corrected chi connectivity index (χ4v) is 2.44. The first-order valence-electron chi connectivity index (χ1n) is 6.74. The fraction of sp³-hybridized carbons (Fsp3) is 0.533. The van der Waals surface area contributed by atoms with Crippen LogP contribution in [-0.4, -0.2) is 19.2 Å². The van der Waals surface area contributed by atoms with Gasteiger partial charge in [0.15, 0.2) is 0 Å². The molecule has 0 unspecified atom stereocenters. The molecular weight excluding hydrogens is 242 g/mol. The predicted molar refractivity (Wildman–Crippen MR) is 74.2 cm³/mol. The molecule has 1 fully saturated rings. The number of hydrogen-bond acceptors (Lipinski definition) is 4. The maximum atomic E-state index is 11.6. The molecule has 0 heterocycles. The topological polar surface area (TPSA) is 61.5 Å². The number of carbonyl (C=O) groups is 1. The van der Waals surface area contributed by atoms with Crippen molar-refractivity contribution in [1.82, 2.24) is 0 Å². The van der Waals surface area contributed by atoms with Crippen molar-refractivity contribution in [1.29, 1.82) is 0 Å². The van der Waals surface area contributed by atoms with Crippen molar-refractivity contribution in [3.05, 3.63) is 23.8 Å². The molecular formula is C15H21NO3. The quantitative estimate of drug-likeness (QED) is 0.672. The Balaban J connectivity index is 2.06. The highest BCUT2D eigenvalue weighted by Crippen LogP contribution is 2.28. The van der Waals surface area contributed by atoms with Gasteiger partial charge in [0.05, 0.1) is 18.8 Å². The van der Waals surface area contributed by atoms with E-state index in [1.54, 1.807) is 18.2 Å². The fourth-order valence-electron chi connectivity index (χ4n) is 2.44. The lowest BCUT2D eigenvalue weighted by molar-refractivity contribution is 0.0600. The molecule has 4 heteroatoms. The van der Waals surface area contributed by atoms with Crippen LogP contribution in [0.25, 0.3) is 0 Å². The van der Waals surface area contributed by atoms with E-state index >= 15 is 0 Å². The summed E-state index contributed by atoms with van der Waals surface area (Å²) in [5, 5.41) is 0. The molecule has 1 aromatic rings. The van der Waals surface area contributed by atoms with Crippen molar-refractivity contribution in [3.8, 4) is 5.75 Å². The van der Waals surface area contributed by atoms with Crippen LogP contribution >= 0.6 is 0 Å². The number of esters is 1. The van der Waals surface area contributed by atoms with Crippen molar-refractivity contribution in [2.24, 2.45) is 5.92 Å². The number of methoxy groups -OCH3 is 1. The van der Waals surface area contributed by atoms with Crippen molar-refractivity contribution in [2.75, 3.05) is 12.8 Å². The second-order valence-electron chi connectivity index (χ2n) is 5.24. The molecule has 2 N–H and O–H groups in total. The van der Waals surface area contributed by atoms with Crippen molar-refractivity contribution >= 4 is 11.7 Å². The number of benzene rings is 1.